The van der Waals surface area contributed by atoms with Gasteiger partial charge in [-0.15, -0.1) is 11.6 Å². The van der Waals surface area contributed by atoms with E-state index in [2.05, 4.69) is 42.1 Å². The van der Waals surface area contributed by atoms with E-state index < -0.39 is 0 Å². The van der Waals surface area contributed by atoms with Gasteiger partial charge >= 0.3 is 0 Å². The third kappa shape index (κ3) is 3.53. The van der Waals surface area contributed by atoms with Crippen LogP contribution in [0.15, 0.2) is 18.2 Å². The van der Waals surface area contributed by atoms with Crippen molar-refractivity contribution in [1.82, 2.24) is 14.5 Å². The lowest BCUT2D eigenvalue weighted by molar-refractivity contribution is 0.168. The normalized spacial score (nSPS) is 12.2. The van der Waals surface area contributed by atoms with E-state index in [4.69, 9.17) is 23.2 Å². The minimum Gasteiger partial charge on any atom is -0.324 e. The smallest absolute Gasteiger partial charge is 0.124 e. The van der Waals surface area contributed by atoms with E-state index in [1.165, 1.54) is 0 Å². The molecule has 2 aromatic rings. The summed E-state index contributed by atoms with van der Waals surface area (Å²) in [4.78, 5) is 7.05. The lowest BCUT2D eigenvalue weighted by Gasteiger charge is -2.30. The molecule has 0 fully saturated rings. The molecule has 0 aliphatic rings. The Labute approximate surface area is 136 Å². The first-order valence-electron chi connectivity index (χ1n) is 7.41. The highest BCUT2D eigenvalue weighted by Gasteiger charge is 2.16. The third-order valence-corrected chi connectivity index (χ3v) is 4.37. The quantitative estimate of drug-likeness (QED) is 0.726. The molecule has 0 aliphatic carbocycles. The van der Waals surface area contributed by atoms with Gasteiger partial charge < -0.3 is 4.57 Å². The molecule has 2 rings (SSSR count). The van der Waals surface area contributed by atoms with Gasteiger partial charge in [-0.05, 0) is 39.8 Å². The second-order valence-corrected chi connectivity index (χ2v) is 6.52. The molecular formula is C16H23Cl2N3. The number of hydrogen-bond acceptors (Lipinski definition) is 2. The maximum absolute atomic E-state index is 6.36. The highest BCUT2D eigenvalue weighted by Crippen LogP contribution is 2.25. The summed E-state index contributed by atoms with van der Waals surface area (Å²) in [5.74, 6) is 1.28. The molecular weight excluding hydrogens is 305 g/mol. The van der Waals surface area contributed by atoms with E-state index in [1.54, 1.807) is 0 Å². The lowest BCUT2D eigenvalue weighted by Crippen LogP contribution is -2.39. The van der Waals surface area contributed by atoms with Crippen molar-refractivity contribution in [2.75, 3.05) is 6.54 Å². The fraction of sp³-hybridized carbons (Fsp3) is 0.562. The van der Waals surface area contributed by atoms with Crippen LogP contribution in [0.3, 0.4) is 0 Å². The van der Waals surface area contributed by atoms with Crippen molar-refractivity contribution in [2.45, 2.75) is 52.2 Å². The summed E-state index contributed by atoms with van der Waals surface area (Å²) in [6.45, 7) is 10.7. The van der Waals surface area contributed by atoms with Crippen molar-refractivity contribution >= 4 is 34.2 Å². The molecule has 0 amide bonds. The first kappa shape index (κ1) is 16.6. The predicted molar refractivity (Wildman–Crippen MR) is 91.3 cm³/mol. The predicted octanol–water partition coefficient (Wildman–Crippen LogP) is 4.55. The molecule has 21 heavy (non-hydrogen) atoms. The van der Waals surface area contributed by atoms with Gasteiger partial charge in [-0.3, -0.25) is 4.90 Å². The Morgan fingerprint density at radius 3 is 2.43 bits per heavy atom. The molecule has 0 aliphatic heterocycles. The molecule has 1 aromatic carbocycles. The Morgan fingerprint density at radius 1 is 1.19 bits per heavy atom. The molecule has 1 heterocycles. The SMILES string of the molecule is CC(C)N(CCn1c(CCl)nc2cccc(Cl)c21)C(C)C. The first-order valence-corrected chi connectivity index (χ1v) is 8.32. The number of alkyl halides is 1. The van der Waals surface area contributed by atoms with E-state index in [0.29, 0.717) is 18.0 Å². The Morgan fingerprint density at radius 2 is 1.86 bits per heavy atom. The molecule has 1 aromatic heterocycles. The molecule has 0 atom stereocenters. The van der Waals surface area contributed by atoms with Crippen LogP contribution >= 0.6 is 23.2 Å². The number of hydrogen-bond donors (Lipinski definition) is 0. The van der Waals surface area contributed by atoms with Crippen LogP contribution in [0.5, 0.6) is 0 Å². The third-order valence-electron chi connectivity index (χ3n) is 3.82. The zero-order valence-corrected chi connectivity index (χ0v) is 14.6. The van der Waals surface area contributed by atoms with Gasteiger partial charge in [-0.25, -0.2) is 4.98 Å². The van der Waals surface area contributed by atoms with Gasteiger partial charge in [0.2, 0.25) is 0 Å². The van der Waals surface area contributed by atoms with E-state index in [0.717, 1.165) is 35.0 Å². The molecule has 0 spiro atoms. The average Bonchev–Trinajstić information content (AvgIpc) is 2.77. The minimum absolute atomic E-state index is 0.397. The van der Waals surface area contributed by atoms with Crippen LogP contribution in [0.1, 0.15) is 33.5 Å². The van der Waals surface area contributed by atoms with Crippen molar-refractivity contribution in [1.29, 1.82) is 0 Å². The van der Waals surface area contributed by atoms with Gasteiger partial charge in [-0.1, -0.05) is 17.7 Å². The van der Waals surface area contributed by atoms with Gasteiger partial charge in [0.25, 0.3) is 0 Å². The highest BCUT2D eigenvalue weighted by molar-refractivity contribution is 6.35. The topological polar surface area (TPSA) is 21.1 Å². The van der Waals surface area contributed by atoms with Gasteiger partial charge in [0.1, 0.15) is 5.82 Å². The zero-order chi connectivity index (χ0) is 15.6. The summed E-state index contributed by atoms with van der Waals surface area (Å²) in [6, 6.07) is 6.83. The number of aromatic nitrogens is 2. The zero-order valence-electron chi connectivity index (χ0n) is 13.1. The van der Waals surface area contributed by atoms with Gasteiger partial charge in [0.05, 0.1) is 21.9 Å². The molecule has 0 bridgehead atoms. The summed E-state index contributed by atoms with van der Waals surface area (Å²) in [7, 11) is 0. The van der Waals surface area contributed by atoms with Crippen LogP contribution in [-0.2, 0) is 12.4 Å². The number of nitrogens with zero attached hydrogens (tertiary/aromatic N) is 3. The van der Waals surface area contributed by atoms with Gasteiger partial charge in [0, 0.05) is 25.2 Å². The van der Waals surface area contributed by atoms with Crippen molar-refractivity contribution in [2.24, 2.45) is 0 Å². The van der Waals surface area contributed by atoms with Crippen molar-refractivity contribution in [3.63, 3.8) is 0 Å². The number of benzene rings is 1. The molecule has 0 N–H and O–H groups in total. The second kappa shape index (κ2) is 6.99. The van der Waals surface area contributed by atoms with Gasteiger partial charge in [-0.2, -0.15) is 0 Å². The van der Waals surface area contributed by atoms with E-state index in [9.17, 15) is 0 Å². The second-order valence-electron chi connectivity index (χ2n) is 5.85. The molecule has 0 radical (unpaired) electrons. The van der Waals surface area contributed by atoms with Gasteiger partial charge in [0.15, 0.2) is 0 Å². The Kier molecular flexibility index (Phi) is 5.53. The summed E-state index contributed by atoms with van der Waals surface area (Å²) in [5.41, 5.74) is 1.90. The maximum Gasteiger partial charge on any atom is 0.124 e. The van der Waals surface area contributed by atoms with E-state index >= 15 is 0 Å². The summed E-state index contributed by atoms with van der Waals surface area (Å²) >= 11 is 12.4. The van der Waals surface area contributed by atoms with E-state index in [1.807, 2.05) is 18.2 Å². The van der Waals surface area contributed by atoms with Crippen LogP contribution < -0.4 is 0 Å². The highest BCUT2D eigenvalue weighted by atomic mass is 35.5. The van der Waals surface area contributed by atoms with Crippen LogP contribution in [-0.4, -0.2) is 33.1 Å². The summed E-state index contributed by atoms with van der Waals surface area (Å²) in [6.07, 6.45) is 0. The average molecular weight is 328 g/mol. The summed E-state index contributed by atoms with van der Waals surface area (Å²) in [5, 5.41) is 0.733. The number of imidazole rings is 1. The fourth-order valence-electron chi connectivity index (χ4n) is 2.86. The number of para-hydroxylation sites is 1. The standard InChI is InChI=1S/C16H23Cl2N3/c1-11(2)20(12(3)4)8-9-21-15(10-17)19-14-7-5-6-13(18)16(14)21/h5-7,11-12H,8-10H2,1-4H3. The van der Waals surface area contributed by atoms with Crippen LogP contribution in [0, 0.1) is 0 Å². The molecule has 0 saturated carbocycles. The molecule has 3 nitrogen and oxygen atoms in total. The van der Waals surface area contributed by atoms with Crippen molar-refractivity contribution in [3.8, 4) is 0 Å². The minimum atomic E-state index is 0.397. The maximum atomic E-state index is 6.36. The lowest BCUT2D eigenvalue weighted by atomic mass is 10.2. The van der Waals surface area contributed by atoms with Crippen molar-refractivity contribution < 1.29 is 0 Å². The molecule has 0 saturated heterocycles. The first-order chi connectivity index (χ1) is 9.95. The summed E-state index contributed by atoms with van der Waals surface area (Å²) < 4.78 is 2.16. The largest absolute Gasteiger partial charge is 0.324 e. The van der Waals surface area contributed by atoms with E-state index in [-0.39, 0.29) is 0 Å². The van der Waals surface area contributed by atoms with Crippen LogP contribution in [0.2, 0.25) is 5.02 Å². The monoisotopic (exact) mass is 327 g/mol. The Hall–Kier alpha value is -0.770. The number of fused-ring (bicyclic) bond motifs is 1. The fourth-order valence-corrected chi connectivity index (χ4v) is 3.34. The van der Waals surface area contributed by atoms with Crippen molar-refractivity contribution in [3.05, 3.63) is 29.0 Å². The Balaban J connectivity index is 2.33. The number of halogens is 2. The number of rotatable bonds is 6. The molecule has 5 heteroatoms. The van der Waals surface area contributed by atoms with Crippen LogP contribution in [0.25, 0.3) is 11.0 Å². The molecule has 0 unspecified atom stereocenters. The molecule has 116 valence electrons. The van der Waals surface area contributed by atoms with Crippen LogP contribution in [0.4, 0.5) is 0 Å². The Bertz CT molecular complexity index is 597.